The Hall–Kier alpha value is -1.38. The van der Waals surface area contributed by atoms with Gasteiger partial charge in [-0.15, -0.1) is 0 Å². The van der Waals surface area contributed by atoms with E-state index in [9.17, 15) is 26.7 Å². The molecule has 1 aliphatic heterocycles. The third-order valence-electron chi connectivity index (χ3n) is 2.86. The second-order valence-electron chi connectivity index (χ2n) is 4.51. The summed E-state index contributed by atoms with van der Waals surface area (Å²) in [5.74, 6) is -5.15. The molecule has 9 heteroatoms. The Morgan fingerprint density at radius 2 is 2.05 bits per heavy atom. The van der Waals surface area contributed by atoms with Crippen molar-refractivity contribution in [3.05, 3.63) is 28.2 Å². The average molecular weight is 374 g/mol. The fraction of sp³-hybridized carbons (Fsp3) is 0.417. The lowest BCUT2D eigenvalue weighted by Gasteiger charge is -2.14. The lowest BCUT2D eigenvalue weighted by atomic mass is 10.1. The molecule has 3 nitrogen and oxygen atoms in total. The highest BCUT2D eigenvalue weighted by Crippen LogP contribution is 2.36. The lowest BCUT2D eigenvalue weighted by Crippen LogP contribution is -2.22. The predicted octanol–water partition coefficient (Wildman–Crippen LogP) is 3.83. The van der Waals surface area contributed by atoms with Crippen molar-refractivity contribution in [3.63, 3.8) is 0 Å². The minimum Gasteiger partial charge on any atom is -0.456 e. The number of hydrogen-bond donors (Lipinski definition) is 1. The molecule has 21 heavy (non-hydrogen) atoms. The molecular formula is C12H9BrF5NO2. The van der Waals surface area contributed by atoms with Gasteiger partial charge in [0, 0.05) is 10.2 Å². The normalized spacial score (nSPS) is 21.2. The molecule has 116 valence electrons. The molecule has 1 aromatic rings. The van der Waals surface area contributed by atoms with Crippen LogP contribution in [0.4, 0.5) is 27.6 Å². The summed E-state index contributed by atoms with van der Waals surface area (Å²) < 4.78 is 68.3. The topological polar surface area (TPSA) is 38.3 Å². The van der Waals surface area contributed by atoms with Crippen LogP contribution in [0.2, 0.25) is 0 Å². The number of ether oxygens (including phenoxy) is 1. The van der Waals surface area contributed by atoms with E-state index in [-0.39, 0.29) is 16.7 Å². The van der Waals surface area contributed by atoms with Gasteiger partial charge >= 0.3 is 18.1 Å². The van der Waals surface area contributed by atoms with E-state index >= 15 is 0 Å². The van der Waals surface area contributed by atoms with Gasteiger partial charge in [0.05, 0.1) is 18.5 Å². The Balaban J connectivity index is 2.04. The van der Waals surface area contributed by atoms with Crippen molar-refractivity contribution >= 4 is 27.6 Å². The van der Waals surface area contributed by atoms with Crippen LogP contribution < -0.4 is 5.32 Å². The molecule has 1 N–H and O–H groups in total. The number of carbonyl (C=O) groups is 1. The number of alkyl halides is 5. The number of carbonyl (C=O) groups excluding carboxylic acids is 1. The van der Waals surface area contributed by atoms with E-state index in [0.29, 0.717) is 0 Å². The third-order valence-corrected chi connectivity index (χ3v) is 3.55. The van der Waals surface area contributed by atoms with Gasteiger partial charge in [0.25, 0.3) is 0 Å². The number of halogens is 6. The molecule has 1 aromatic carbocycles. The van der Waals surface area contributed by atoms with Crippen molar-refractivity contribution in [2.24, 2.45) is 0 Å². The van der Waals surface area contributed by atoms with Crippen LogP contribution in [0.1, 0.15) is 12.0 Å². The van der Waals surface area contributed by atoms with E-state index in [1.165, 1.54) is 12.1 Å². The third kappa shape index (κ3) is 3.63. The van der Waals surface area contributed by atoms with E-state index in [2.05, 4.69) is 26.0 Å². The van der Waals surface area contributed by atoms with Crippen LogP contribution in [0.15, 0.2) is 22.7 Å². The quantitative estimate of drug-likeness (QED) is 0.646. The van der Waals surface area contributed by atoms with Crippen molar-refractivity contribution in [1.29, 1.82) is 0 Å². The summed E-state index contributed by atoms with van der Waals surface area (Å²) in [6.45, 7) is -0.194. The molecule has 0 aromatic heterocycles. The molecular weight excluding hydrogens is 365 g/mol. The first-order chi connectivity index (χ1) is 9.59. The van der Waals surface area contributed by atoms with Crippen LogP contribution in [0.5, 0.6) is 0 Å². The standard InChI is InChI=1S/C12H9BrF5NO2/c13-9-2-1-6(3-8(9)12(16,17)18)19-5-7-4-11(14,15)10(20)21-7/h1-3,7,19H,4-5H2. The molecule has 0 bridgehead atoms. The first-order valence-corrected chi connectivity index (χ1v) is 6.58. The van der Waals surface area contributed by atoms with Gasteiger partial charge in [0.1, 0.15) is 6.10 Å². The molecule has 1 fully saturated rings. The maximum Gasteiger partial charge on any atom is 0.417 e. The molecule has 1 atom stereocenters. The minimum atomic E-state index is -4.54. The number of cyclic esters (lactones) is 1. The van der Waals surface area contributed by atoms with E-state index < -0.39 is 36.2 Å². The number of rotatable bonds is 3. The van der Waals surface area contributed by atoms with Gasteiger partial charge in [-0.2, -0.15) is 22.0 Å². The number of nitrogens with one attached hydrogen (secondary N) is 1. The van der Waals surface area contributed by atoms with Crippen LogP contribution in [0.25, 0.3) is 0 Å². The lowest BCUT2D eigenvalue weighted by molar-refractivity contribution is -0.158. The Kier molecular flexibility index (Phi) is 4.14. The number of esters is 1. The van der Waals surface area contributed by atoms with Crippen LogP contribution in [0.3, 0.4) is 0 Å². The maximum absolute atomic E-state index is 12.9. The van der Waals surface area contributed by atoms with Crippen LogP contribution >= 0.6 is 15.9 Å². The van der Waals surface area contributed by atoms with Crippen molar-refractivity contribution in [3.8, 4) is 0 Å². The fourth-order valence-corrected chi connectivity index (χ4v) is 2.32. The van der Waals surface area contributed by atoms with Crippen molar-refractivity contribution in [2.75, 3.05) is 11.9 Å². The SMILES string of the molecule is O=C1OC(CNc2ccc(Br)c(C(F)(F)F)c2)CC1(F)F. The largest absolute Gasteiger partial charge is 0.456 e. The molecule has 1 saturated heterocycles. The van der Waals surface area contributed by atoms with E-state index in [1.54, 1.807) is 0 Å². The number of anilines is 1. The van der Waals surface area contributed by atoms with Crippen molar-refractivity contribution < 1.29 is 31.5 Å². The fourth-order valence-electron chi connectivity index (χ4n) is 1.85. The summed E-state index contributed by atoms with van der Waals surface area (Å²) in [6, 6.07) is 3.40. The molecule has 2 rings (SSSR count). The summed E-state index contributed by atoms with van der Waals surface area (Å²) in [7, 11) is 0. The van der Waals surface area contributed by atoms with Gasteiger partial charge in [-0.25, -0.2) is 4.79 Å². The first-order valence-electron chi connectivity index (χ1n) is 5.79. The Bertz CT molecular complexity index is 561. The van der Waals surface area contributed by atoms with Gasteiger partial charge in [-0.1, -0.05) is 15.9 Å². The summed E-state index contributed by atoms with van der Waals surface area (Å²) in [5.41, 5.74) is -0.793. The van der Waals surface area contributed by atoms with Crippen LogP contribution in [-0.4, -0.2) is 24.5 Å². The second kappa shape index (κ2) is 5.43. The van der Waals surface area contributed by atoms with Crippen LogP contribution in [0, 0.1) is 0 Å². The molecule has 0 amide bonds. The summed E-state index contributed by atoms with van der Waals surface area (Å²) in [6.07, 6.45) is -6.41. The van der Waals surface area contributed by atoms with E-state index in [4.69, 9.17) is 0 Å². The van der Waals surface area contributed by atoms with Gasteiger partial charge < -0.3 is 10.1 Å². The zero-order valence-corrected chi connectivity index (χ0v) is 11.9. The summed E-state index contributed by atoms with van der Waals surface area (Å²) in [4.78, 5) is 10.8. The Morgan fingerprint density at radius 3 is 2.57 bits per heavy atom. The molecule has 1 aliphatic rings. The molecule has 1 unspecified atom stereocenters. The molecule has 1 heterocycles. The highest BCUT2D eigenvalue weighted by Gasteiger charge is 2.50. The second-order valence-corrected chi connectivity index (χ2v) is 5.36. The zero-order valence-electron chi connectivity index (χ0n) is 10.3. The molecule has 0 saturated carbocycles. The van der Waals surface area contributed by atoms with Crippen molar-refractivity contribution in [2.45, 2.75) is 24.6 Å². The van der Waals surface area contributed by atoms with Gasteiger partial charge in [-0.3, -0.25) is 0 Å². The van der Waals surface area contributed by atoms with Crippen LogP contribution in [-0.2, 0) is 15.7 Å². The van der Waals surface area contributed by atoms with E-state index in [0.717, 1.165) is 6.07 Å². The molecule has 0 spiro atoms. The summed E-state index contributed by atoms with van der Waals surface area (Å²) in [5, 5.41) is 2.55. The number of hydrogen-bond acceptors (Lipinski definition) is 3. The monoisotopic (exact) mass is 373 g/mol. The minimum absolute atomic E-state index is 0.0943. The highest BCUT2D eigenvalue weighted by atomic mass is 79.9. The first kappa shape index (κ1) is 16.0. The van der Waals surface area contributed by atoms with Gasteiger partial charge in [0.15, 0.2) is 0 Å². The average Bonchev–Trinajstić information content (AvgIpc) is 2.60. The molecule has 0 radical (unpaired) electrons. The van der Waals surface area contributed by atoms with Crippen molar-refractivity contribution in [1.82, 2.24) is 0 Å². The van der Waals surface area contributed by atoms with E-state index in [1.807, 2.05) is 0 Å². The number of benzene rings is 1. The Morgan fingerprint density at radius 1 is 1.38 bits per heavy atom. The van der Waals surface area contributed by atoms with Gasteiger partial charge in [-0.05, 0) is 18.2 Å². The maximum atomic E-state index is 12.9. The molecule has 0 aliphatic carbocycles. The predicted molar refractivity (Wildman–Crippen MR) is 67.1 cm³/mol. The zero-order chi connectivity index (χ0) is 15.8. The van der Waals surface area contributed by atoms with Gasteiger partial charge in [0.2, 0.25) is 0 Å². The Labute approximate surface area is 124 Å². The summed E-state index contributed by atoms with van der Waals surface area (Å²) >= 11 is 2.79. The highest BCUT2D eigenvalue weighted by molar-refractivity contribution is 9.10. The smallest absolute Gasteiger partial charge is 0.417 e.